The summed E-state index contributed by atoms with van der Waals surface area (Å²) in [5, 5.41) is 13.2. The molecule has 0 aliphatic heterocycles. The number of carbonyl (C=O) groups is 1. The SMILES string of the molecule is Cc1cc2nn(-c3ccc(C(C)C)cc3)nc2cc1NC(=O)/C=C/c1ccc(-c2ccc(Cl)cc2Cl)o1. The zero-order valence-electron chi connectivity index (χ0n) is 20.5. The standard InChI is InChI=1S/C29H24Cl2N4O2/c1-17(2)19-4-7-21(8-5-19)35-33-26-14-18(3)25(16-27(26)34-35)32-29(36)13-10-22-9-12-28(37-22)23-11-6-20(30)15-24(23)31/h4-17H,1-3H3,(H,32,36)/b13-10+. The van der Waals surface area contributed by atoms with Crippen LogP contribution in [0, 0.1) is 6.92 Å². The maximum atomic E-state index is 12.6. The van der Waals surface area contributed by atoms with Gasteiger partial charge < -0.3 is 9.73 Å². The van der Waals surface area contributed by atoms with E-state index in [0.717, 1.165) is 22.3 Å². The van der Waals surface area contributed by atoms with Crippen LogP contribution >= 0.6 is 23.2 Å². The summed E-state index contributed by atoms with van der Waals surface area (Å²) in [6.45, 7) is 6.24. The van der Waals surface area contributed by atoms with Gasteiger partial charge in [-0.3, -0.25) is 4.79 Å². The summed E-state index contributed by atoms with van der Waals surface area (Å²) < 4.78 is 5.82. The van der Waals surface area contributed by atoms with Crippen LogP contribution in [0.3, 0.4) is 0 Å². The number of furan rings is 1. The van der Waals surface area contributed by atoms with Gasteiger partial charge >= 0.3 is 0 Å². The Balaban J connectivity index is 1.31. The summed E-state index contributed by atoms with van der Waals surface area (Å²) in [6, 6.07) is 20.7. The molecule has 5 rings (SSSR count). The van der Waals surface area contributed by atoms with E-state index in [2.05, 4.69) is 41.5 Å². The normalized spacial score (nSPS) is 11.6. The molecule has 2 heterocycles. The Bertz CT molecular complexity index is 1630. The molecule has 0 fully saturated rings. The van der Waals surface area contributed by atoms with Gasteiger partial charge in [0.25, 0.3) is 0 Å². The number of nitrogens with zero attached hydrogens (tertiary/aromatic N) is 3. The predicted octanol–water partition coefficient (Wildman–Crippen LogP) is 8.07. The third kappa shape index (κ3) is 5.45. The van der Waals surface area contributed by atoms with Crippen LogP contribution in [0.4, 0.5) is 5.69 Å². The molecule has 0 spiro atoms. The van der Waals surface area contributed by atoms with Gasteiger partial charge in [-0.2, -0.15) is 4.80 Å². The molecular weight excluding hydrogens is 507 g/mol. The number of amides is 1. The summed E-state index contributed by atoms with van der Waals surface area (Å²) >= 11 is 12.2. The molecule has 0 atom stereocenters. The largest absolute Gasteiger partial charge is 0.457 e. The first kappa shape index (κ1) is 24.8. The number of benzene rings is 3. The molecule has 5 aromatic rings. The molecule has 8 heteroatoms. The molecule has 3 aromatic carbocycles. The molecular formula is C29H24Cl2N4O2. The predicted molar refractivity (Wildman–Crippen MR) is 150 cm³/mol. The molecule has 0 saturated heterocycles. The number of carbonyl (C=O) groups excluding carboxylic acids is 1. The van der Waals surface area contributed by atoms with E-state index >= 15 is 0 Å². The van der Waals surface area contributed by atoms with Crippen molar-refractivity contribution in [1.29, 1.82) is 0 Å². The maximum Gasteiger partial charge on any atom is 0.248 e. The van der Waals surface area contributed by atoms with Crippen LogP contribution in [-0.2, 0) is 4.79 Å². The Morgan fingerprint density at radius 2 is 1.70 bits per heavy atom. The summed E-state index contributed by atoms with van der Waals surface area (Å²) in [4.78, 5) is 14.3. The number of hydrogen-bond donors (Lipinski definition) is 1. The molecule has 0 aliphatic rings. The van der Waals surface area contributed by atoms with Crippen molar-refractivity contribution in [3.63, 3.8) is 0 Å². The lowest BCUT2D eigenvalue weighted by Gasteiger charge is -2.05. The lowest BCUT2D eigenvalue weighted by atomic mass is 10.0. The van der Waals surface area contributed by atoms with Crippen LogP contribution in [0.25, 0.3) is 34.1 Å². The van der Waals surface area contributed by atoms with E-state index in [1.165, 1.54) is 11.6 Å². The van der Waals surface area contributed by atoms with Gasteiger partial charge in [0.1, 0.15) is 22.6 Å². The highest BCUT2D eigenvalue weighted by molar-refractivity contribution is 6.36. The number of halogens is 2. The van der Waals surface area contributed by atoms with Crippen LogP contribution in [0.5, 0.6) is 0 Å². The van der Waals surface area contributed by atoms with Crippen molar-refractivity contribution in [2.45, 2.75) is 26.7 Å². The van der Waals surface area contributed by atoms with Gasteiger partial charge in [-0.15, -0.1) is 10.2 Å². The second kappa shape index (κ2) is 10.2. The van der Waals surface area contributed by atoms with Crippen molar-refractivity contribution in [3.8, 4) is 17.0 Å². The minimum Gasteiger partial charge on any atom is -0.457 e. The second-order valence-electron chi connectivity index (χ2n) is 9.04. The average Bonchev–Trinajstić information content (AvgIpc) is 3.50. The second-order valence-corrected chi connectivity index (χ2v) is 9.88. The third-order valence-corrected chi connectivity index (χ3v) is 6.55. The maximum absolute atomic E-state index is 12.6. The number of anilines is 1. The first-order valence-corrected chi connectivity index (χ1v) is 12.5. The van der Waals surface area contributed by atoms with E-state index in [-0.39, 0.29) is 5.91 Å². The highest BCUT2D eigenvalue weighted by Crippen LogP contribution is 2.32. The van der Waals surface area contributed by atoms with Crippen LogP contribution in [0.15, 0.2) is 77.2 Å². The number of hydrogen-bond acceptors (Lipinski definition) is 4. The molecule has 0 aliphatic carbocycles. The average molecular weight is 531 g/mol. The lowest BCUT2D eigenvalue weighted by molar-refractivity contribution is -0.111. The van der Waals surface area contributed by atoms with Crippen molar-refractivity contribution in [1.82, 2.24) is 15.0 Å². The van der Waals surface area contributed by atoms with E-state index in [9.17, 15) is 4.79 Å². The molecule has 1 N–H and O–H groups in total. The minimum absolute atomic E-state index is 0.290. The van der Waals surface area contributed by atoms with E-state index < -0.39 is 0 Å². The quantitative estimate of drug-likeness (QED) is 0.225. The van der Waals surface area contributed by atoms with Gasteiger partial charge in [-0.25, -0.2) is 0 Å². The van der Waals surface area contributed by atoms with Gasteiger partial charge in [-0.1, -0.05) is 49.2 Å². The summed E-state index contributed by atoms with van der Waals surface area (Å²) in [7, 11) is 0. The molecule has 1 amide bonds. The smallest absolute Gasteiger partial charge is 0.248 e. The molecule has 0 radical (unpaired) electrons. The first-order valence-electron chi connectivity index (χ1n) is 11.8. The van der Waals surface area contributed by atoms with Gasteiger partial charge in [-0.05, 0) is 84.6 Å². The first-order chi connectivity index (χ1) is 17.8. The van der Waals surface area contributed by atoms with Crippen LogP contribution in [0.2, 0.25) is 10.0 Å². The highest BCUT2D eigenvalue weighted by atomic mass is 35.5. The van der Waals surface area contributed by atoms with Gasteiger partial charge in [0.2, 0.25) is 5.91 Å². The van der Waals surface area contributed by atoms with Crippen molar-refractivity contribution in [2.24, 2.45) is 0 Å². The van der Waals surface area contributed by atoms with Crippen molar-refractivity contribution < 1.29 is 9.21 Å². The number of aryl methyl sites for hydroxylation is 1. The molecule has 6 nitrogen and oxygen atoms in total. The Morgan fingerprint density at radius 1 is 0.973 bits per heavy atom. The van der Waals surface area contributed by atoms with Gasteiger partial charge in [0.15, 0.2) is 0 Å². The van der Waals surface area contributed by atoms with E-state index in [1.807, 2.05) is 31.2 Å². The zero-order chi connectivity index (χ0) is 26.1. The van der Waals surface area contributed by atoms with Gasteiger partial charge in [0.05, 0.1) is 10.7 Å². The molecule has 0 saturated carbocycles. The van der Waals surface area contributed by atoms with Crippen molar-refractivity contribution in [2.75, 3.05) is 5.32 Å². The topological polar surface area (TPSA) is 73.0 Å². The monoisotopic (exact) mass is 530 g/mol. The Labute approximate surface area is 224 Å². The minimum atomic E-state index is -0.290. The molecule has 0 bridgehead atoms. The van der Waals surface area contributed by atoms with Crippen molar-refractivity contribution in [3.05, 3.63) is 99.7 Å². The summed E-state index contributed by atoms with van der Waals surface area (Å²) in [5.41, 5.74) is 5.85. The number of nitrogens with one attached hydrogen (secondary N) is 1. The fraction of sp³-hybridized carbons (Fsp3) is 0.138. The van der Waals surface area contributed by atoms with Crippen LogP contribution in [0.1, 0.15) is 36.7 Å². The zero-order valence-corrected chi connectivity index (χ0v) is 22.0. The number of rotatable bonds is 6. The lowest BCUT2D eigenvalue weighted by Crippen LogP contribution is -2.08. The fourth-order valence-corrected chi connectivity index (χ4v) is 4.42. The van der Waals surface area contributed by atoms with E-state index in [4.69, 9.17) is 27.6 Å². The Kier molecular flexibility index (Phi) is 6.87. The molecule has 37 heavy (non-hydrogen) atoms. The van der Waals surface area contributed by atoms with Gasteiger partial charge in [0, 0.05) is 22.3 Å². The summed E-state index contributed by atoms with van der Waals surface area (Å²) in [6.07, 6.45) is 3.02. The fourth-order valence-electron chi connectivity index (χ4n) is 3.92. The molecule has 2 aromatic heterocycles. The van der Waals surface area contributed by atoms with E-state index in [1.54, 1.807) is 41.2 Å². The molecule has 186 valence electrons. The van der Waals surface area contributed by atoms with Crippen molar-refractivity contribution >= 4 is 51.9 Å². The van der Waals surface area contributed by atoms with Crippen LogP contribution in [-0.4, -0.2) is 20.9 Å². The van der Waals surface area contributed by atoms with Crippen LogP contribution < -0.4 is 5.32 Å². The van der Waals surface area contributed by atoms with E-state index in [0.29, 0.717) is 38.7 Å². The Hall–Kier alpha value is -3.87. The summed E-state index contributed by atoms with van der Waals surface area (Å²) in [5.74, 6) is 1.28. The highest BCUT2D eigenvalue weighted by Gasteiger charge is 2.11. The number of fused-ring (bicyclic) bond motifs is 1. The number of aromatic nitrogens is 3. The molecule has 0 unspecified atom stereocenters. The third-order valence-electron chi connectivity index (χ3n) is 6.00. The Morgan fingerprint density at radius 3 is 2.41 bits per heavy atom.